The molecule has 1 saturated heterocycles. The smallest absolute Gasteiger partial charge is 0.224 e. The summed E-state index contributed by atoms with van der Waals surface area (Å²) < 4.78 is 5.12. The maximum atomic E-state index is 11.7. The zero-order valence-electron chi connectivity index (χ0n) is 10.2. The van der Waals surface area contributed by atoms with E-state index in [1.165, 1.54) is 0 Å². The van der Waals surface area contributed by atoms with Gasteiger partial charge in [0.15, 0.2) is 0 Å². The Bertz CT molecular complexity index is 402. The van der Waals surface area contributed by atoms with E-state index in [0.717, 1.165) is 11.3 Å². The molecule has 0 unspecified atom stereocenters. The van der Waals surface area contributed by atoms with Crippen molar-refractivity contribution in [3.05, 3.63) is 29.8 Å². The van der Waals surface area contributed by atoms with Gasteiger partial charge < -0.3 is 15.4 Å². The van der Waals surface area contributed by atoms with Crippen molar-refractivity contribution in [3.63, 3.8) is 0 Å². The van der Waals surface area contributed by atoms with Gasteiger partial charge >= 0.3 is 0 Å². The largest absolute Gasteiger partial charge is 0.497 e. The number of ether oxygens (including phenoxy) is 1. The highest BCUT2D eigenvalue weighted by atomic mass is 16.5. The summed E-state index contributed by atoms with van der Waals surface area (Å²) in [5, 5.41) is 0. The SMILES string of the molecule is CCN1C(=O)C[C@H](N)[C@H]1c1ccc(OC)cc1. The summed E-state index contributed by atoms with van der Waals surface area (Å²) in [6, 6.07) is 7.64. The average molecular weight is 234 g/mol. The first-order valence-corrected chi connectivity index (χ1v) is 5.86. The highest BCUT2D eigenvalue weighted by molar-refractivity contribution is 5.80. The van der Waals surface area contributed by atoms with Crippen LogP contribution in [0, 0.1) is 0 Å². The number of likely N-dealkylation sites (N-methyl/N-ethyl adjacent to an activating group) is 1. The highest BCUT2D eigenvalue weighted by Crippen LogP contribution is 2.32. The Kier molecular flexibility index (Phi) is 3.33. The molecule has 2 N–H and O–H groups in total. The van der Waals surface area contributed by atoms with Crippen LogP contribution in [0.3, 0.4) is 0 Å². The van der Waals surface area contributed by atoms with Crippen LogP contribution in [-0.4, -0.2) is 30.5 Å². The third kappa shape index (κ3) is 2.13. The van der Waals surface area contributed by atoms with E-state index in [4.69, 9.17) is 10.5 Å². The highest BCUT2D eigenvalue weighted by Gasteiger charge is 2.37. The standard InChI is InChI=1S/C13H18N2O2/c1-3-15-12(16)8-11(14)13(15)9-4-6-10(17-2)7-5-9/h4-7,11,13H,3,8,14H2,1-2H3/t11-,13+/m0/s1. The number of nitrogens with two attached hydrogens (primary N) is 1. The predicted molar refractivity (Wildman–Crippen MR) is 65.7 cm³/mol. The summed E-state index contributed by atoms with van der Waals surface area (Å²) in [5.74, 6) is 0.954. The van der Waals surface area contributed by atoms with Gasteiger partial charge in [0.1, 0.15) is 5.75 Å². The van der Waals surface area contributed by atoms with Crippen LogP contribution in [-0.2, 0) is 4.79 Å². The van der Waals surface area contributed by atoms with E-state index in [1.54, 1.807) is 7.11 Å². The minimum absolute atomic E-state index is 0.00148. The third-order valence-electron chi connectivity index (χ3n) is 3.27. The van der Waals surface area contributed by atoms with Crippen LogP contribution in [0.15, 0.2) is 24.3 Å². The monoisotopic (exact) mass is 234 g/mol. The van der Waals surface area contributed by atoms with Crippen molar-refractivity contribution in [1.82, 2.24) is 4.90 Å². The molecular weight excluding hydrogens is 216 g/mol. The molecule has 0 bridgehead atoms. The second-order valence-corrected chi connectivity index (χ2v) is 4.27. The summed E-state index contributed by atoms with van der Waals surface area (Å²) in [5.41, 5.74) is 7.12. The molecule has 1 heterocycles. The van der Waals surface area contributed by atoms with Gasteiger partial charge in [-0.2, -0.15) is 0 Å². The molecule has 2 atom stereocenters. The van der Waals surface area contributed by atoms with Crippen molar-refractivity contribution < 1.29 is 9.53 Å². The minimum atomic E-state index is -0.115. The van der Waals surface area contributed by atoms with Crippen LogP contribution in [0.25, 0.3) is 0 Å². The molecule has 1 aliphatic heterocycles. The van der Waals surface area contributed by atoms with E-state index in [2.05, 4.69) is 0 Å². The van der Waals surface area contributed by atoms with Crippen molar-refractivity contribution in [1.29, 1.82) is 0 Å². The zero-order chi connectivity index (χ0) is 12.4. The molecule has 0 spiro atoms. The van der Waals surface area contributed by atoms with E-state index in [0.29, 0.717) is 13.0 Å². The van der Waals surface area contributed by atoms with Crippen LogP contribution in [0.1, 0.15) is 24.9 Å². The lowest BCUT2D eigenvalue weighted by Crippen LogP contribution is -2.32. The molecule has 17 heavy (non-hydrogen) atoms. The molecule has 0 aromatic heterocycles. The zero-order valence-corrected chi connectivity index (χ0v) is 10.2. The quantitative estimate of drug-likeness (QED) is 0.858. The van der Waals surface area contributed by atoms with Gasteiger partial charge in [-0.1, -0.05) is 12.1 Å². The summed E-state index contributed by atoms with van der Waals surface area (Å²) in [6.45, 7) is 2.68. The first-order valence-electron chi connectivity index (χ1n) is 5.86. The number of likely N-dealkylation sites (tertiary alicyclic amines) is 1. The normalized spacial score (nSPS) is 24.2. The second-order valence-electron chi connectivity index (χ2n) is 4.27. The first kappa shape index (κ1) is 11.9. The van der Waals surface area contributed by atoms with Crippen molar-refractivity contribution in [3.8, 4) is 5.75 Å². The van der Waals surface area contributed by atoms with Crippen molar-refractivity contribution in [2.24, 2.45) is 5.73 Å². The molecule has 92 valence electrons. The molecule has 1 aromatic rings. The number of carbonyl (C=O) groups excluding carboxylic acids is 1. The van der Waals surface area contributed by atoms with Crippen LogP contribution in [0.2, 0.25) is 0 Å². The van der Waals surface area contributed by atoms with E-state index in [9.17, 15) is 4.79 Å². The molecule has 1 fully saturated rings. The fourth-order valence-electron chi connectivity index (χ4n) is 2.42. The molecule has 4 nitrogen and oxygen atoms in total. The number of hydrogen-bond donors (Lipinski definition) is 1. The Balaban J connectivity index is 2.27. The number of benzene rings is 1. The summed E-state index contributed by atoms with van der Waals surface area (Å²) in [7, 11) is 1.64. The third-order valence-corrected chi connectivity index (χ3v) is 3.27. The number of methoxy groups -OCH3 is 1. The van der Waals surface area contributed by atoms with Gasteiger partial charge in [-0.15, -0.1) is 0 Å². The molecule has 1 aliphatic rings. The number of nitrogens with zero attached hydrogens (tertiary/aromatic N) is 1. The van der Waals surface area contributed by atoms with E-state index < -0.39 is 0 Å². The van der Waals surface area contributed by atoms with Gasteiger partial charge in [0.2, 0.25) is 5.91 Å². The Hall–Kier alpha value is -1.55. The molecule has 1 amide bonds. The van der Waals surface area contributed by atoms with Crippen molar-refractivity contribution in [2.75, 3.05) is 13.7 Å². The van der Waals surface area contributed by atoms with Crippen LogP contribution in [0.5, 0.6) is 5.75 Å². The van der Waals surface area contributed by atoms with Crippen LogP contribution >= 0.6 is 0 Å². The Morgan fingerprint density at radius 1 is 1.41 bits per heavy atom. The Labute approximate surface area is 101 Å². The maximum absolute atomic E-state index is 11.7. The van der Waals surface area contributed by atoms with Gasteiger partial charge in [-0.25, -0.2) is 0 Å². The second kappa shape index (κ2) is 4.75. The fourth-order valence-corrected chi connectivity index (χ4v) is 2.42. The number of hydrogen-bond acceptors (Lipinski definition) is 3. The van der Waals surface area contributed by atoms with Gasteiger partial charge in [0, 0.05) is 19.0 Å². The first-order chi connectivity index (χ1) is 8.17. The van der Waals surface area contributed by atoms with Gasteiger partial charge in [0.05, 0.1) is 13.2 Å². The summed E-state index contributed by atoms with van der Waals surface area (Å²) in [6.07, 6.45) is 0.435. The molecule has 0 aliphatic carbocycles. The maximum Gasteiger partial charge on any atom is 0.224 e. The molecule has 0 radical (unpaired) electrons. The minimum Gasteiger partial charge on any atom is -0.497 e. The van der Waals surface area contributed by atoms with Crippen molar-refractivity contribution in [2.45, 2.75) is 25.4 Å². The average Bonchev–Trinajstić information content (AvgIpc) is 2.63. The van der Waals surface area contributed by atoms with Crippen LogP contribution < -0.4 is 10.5 Å². The van der Waals surface area contributed by atoms with E-state index in [-0.39, 0.29) is 18.0 Å². The number of carbonyl (C=O) groups is 1. The summed E-state index contributed by atoms with van der Waals surface area (Å²) >= 11 is 0. The van der Waals surface area contributed by atoms with E-state index >= 15 is 0 Å². The molecule has 0 saturated carbocycles. The van der Waals surface area contributed by atoms with Crippen LogP contribution in [0.4, 0.5) is 0 Å². The molecule has 1 aromatic carbocycles. The molecule has 4 heteroatoms. The van der Waals surface area contributed by atoms with Gasteiger partial charge in [0.25, 0.3) is 0 Å². The predicted octanol–water partition coefficient (Wildman–Crippen LogP) is 1.32. The van der Waals surface area contributed by atoms with Crippen molar-refractivity contribution >= 4 is 5.91 Å². The lowest BCUT2D eigenvalue weighted by molar-refractivity contribution is -0.128. The molecular formula is C13H18N2O2. The number of amides is 1. The Morgan fingerprint density at radius 3 is 2.59 bits per heavy atom. The van der Waals surface area contributed by atoms with Gasteiger partial charge in [-0.05, 0) is 24.6 Å². The fraction of sp³-hybridized carbons (Fsp3) is 0.462. The lowest BCUT2D eigenvalue weighted by atomic mass is 10.0. The Morgan fingerprint density at radius 2 is 2.06 bits per heavy atom. The lowest BCUT2D eigenvalue weighted by Gasteiger charge is -2.26. The van der Waals surface area contributed by atoms with E-state index in [1.807, 2.05) is 36.1 Å². The topological polar surface area (TPSA) is 55.6 Å². The molecule has 2 rings (SSSR count). The number of rotatable bonds is 3. The summed E-state index contributed by atoms with van der Waals surface area (Å²) in [4.78, 5) is 13.6. The van der Waals surface area contributed by atoms with Gasteiger partial charge in [-0.3, -0.25) is 4.79 Å².